The lowest BCUT2D eigenvalue weighted by atomic mass is 9.87. The zero-order chi connectivity index (χ0) is 51.6. The molecule has 0 aliphatic carbocycles. The molecule has 0 aliphatic heterocycles. The molecule has 0 N–H and O–H groups in total. The molecule has 0 fully saturated rings. The molecule has 0 radical (unpaired) electrons. The monoisotopic (exact) mass is 1020 g/mol. The summed E-state index contributed by atoms with van der Waals surface area (Å²) >= 11 is 0. The summed E-state index contributed by atoms with van der Waals surface area (Å²) in [6.07, 6.45) is 0. The summed E-state index contributed by atoms with van der Waals surface area (Å²) in [7, 11) is 0. The van der Waals surface area contributed by atoms with Crippen molar-refractivity contribution in [1.29, 1.82) is 0 Å². The highest BCUT2D eigenvalue weighted by molar-refractivity contribution is 5.87. The van der Waals surface area contributed by atoms with E-state index in [1.54, 1.807) is 0 Å². The van der Waals surface area contributed by atoms with E-state index in [9.17, 15) is 52.7 Å². The zero-order valence-corrected chi connectivity index (χ0v) is 31.4. The van der Waals surface area contributed by atoms with Crippen molar-refractivity contribution < 1.29 is 119 Å². The average molecular weight is 1020 g/mol. The van der Waals surface area contributed by atoms with Crippen LogP contribution in [-0.2, 0) is 0 Å². The Morgan fingerprint density at radius 2 is 0.275 bits per heavy atom. The SMILES string of the molecule is Fc1cc(-c2c(F)c(F)c(-c3c(F)c(-c4c(F)c(F)c(-c5cc(F)c(F)c(F)c5F)c(F)c4F)c(F)c(-c4c(F)c(F)c(-c5cc(F)c(F)c(F)c5F)c(F)c4F)c3F)c(F)c2F)c(F)c(F)c1F. The van der Waals surface area contributed by atoms with Crippen LogP contribution in [0.25, 0.3) is 66.8 Å². The fourth-order valence-corrected chi connectivity index (χ4v) is 6.85. The van der Waals surface area contributed by atoms with E-state index in [1.807, 2.05) is 0 Å². The molecule has 7 rings (SSSR count). The molecular formula is C42H3F27. The van der Waals surface area contributed by atoms with Gasteiger partial charge in [-0.3, -0.25) is 0 Å². The Hall–Kier alpha value is -7.35. The van der Waals surface area contributed by atoms with Crippen LogP contribution in [0.15, 0.2) is 18.2 Å². The Labute approximate surface area is 360 Å². The molecule has 0 saturated carbocycles. The smallest absolute Gasteiger partial charge is 0.198 e. The maximum absolute atomic E-state index is 16.7. The Balaban J connectivity index is 1.68. The van der Waals surface area contributed by atoms with Crippen LogP contribution in [-0.4, -0.2) is 0 Å². The van der Waals surface area contributed by atoms with E-state index in [4.69, 9.17) is 0 Å². The second-order valence-corrected chi connectivity index (χ2v) is 13.6. The van der Waals surface area contributed by atoms with Crippen molar-refractivity contribution in [2.75, 3.05) is 0 Å². The molecule has 27 heteroatoms. The molecular weight excluding hydrogens is 1020 g/mol. The summed E-state index contributed by atoms with van der Waals surface area (Å²) < 4.78 is 408. The molecule has 0 atom stereocenters. The van der Waals surface area contributed by atoms with E-state index in [0.29, 0.717) is 0 Å². The summed E-state index contributed by atoms with van der Waals surface area (Å²) in [6, 6.07) is -2.08. The molecule has 0 amide bonds. The highest BCUT2D eigenvalue weighted by Gasteiger charge is 2.42. The Morgan fingerprint density at radius 1 is 0.130 bits per heavy atom. The Bertz CT molecular complexity index is 3000. The molecule has 0 nitrogen and oxygen atoms in total. The van der Waals surface area contributed by atoms with Crippen LogP contribution in [0, 0.1) is 157 Å². The van der Waals surface area contributed by atoms with Gasteiger partial charge in [-0.1, -0.05) is 0 Å². The molecule has 0 heterocycles. The minimum Gasteiger partial charge on any atom is -0.205 e. The highest BCUT2D eigenvalue weighted by atomic mass is 19.2. The number of halogens is 27. The van der Waals surface area contributed by atoms with E-state index >= 15 is 65.9 Å². The van der Waals surface area contributed by atoms with Gasteiger partial charge in [-0.2, -0.15) is 0 Å². The van der Waals surface area contributed by atoms with Gasteiger partial charge in [0.15, 0.2) is 140 Å². The fraction of sp³-hybridized carbons (Fsp3) is 0. The number of hydrogen-bond donors (Lipinski definition) is 0. The first-order chi connectivity index (χ1) is 32.0. The van der Waals surface area contributed by atoms with Crippen molar-refractivity contribution in [3.05, 3.63) is 175 Å². The maximum atomic E-state index is 16.7. The summed E-state index contributed by atoms with van der Waals surface area (Å²) in [5.74, 6) is -84.9. The van der Waals surface area contributed by atoms with Crippen LogP contribution in [0.4, 0.5) is 119 Å². The third-order valence-corrected chi connectivity index (χ3v) is 9.97. The summed E-state index contributed by atoms with van der Waals surface area (Å²) in [6.45, 7) is 0. The molecule has 0 unspecified atom stereocenters. The Kier molecular flexibility index (Phi) is 12.2. The number of benzene rings is 7. The maximum Gasteiger partial charge on any atom is 0.198 e. The van der Waals surface area contributed by atoms with E-state index in [-0.39, 0.29) is 0 Å². The van der Waals surface area contributed by atoms with Crippen LogP contribution in [0.1, 0.15) is 0 Å². The van der Waals surface area contributed by atoms with Gasteiger partial charge in [-0.25, -0.2) is 119 Å². The van der Waals surface area contributed by atoms with Gasteiger partial charge in [0.25, 0.3) is 0 Å². The largest absolute Gasteiger partial charge is 0.205 e. The summed E-state index contributed by atoms with van der Waals surface area (Å²) in [5.41, 5.74) is -34.4. The van der Waals surface area contributed by atoms with Gasteiger partial charge in [-0.05, 0) is 18.2 Å². The quantitative estimate of drug-likeness (QED) is 0.0885. The predicted octanol–water partition coefficient (Wildman–Crippen LogP) is 15.4. The van der Waals surface area contributed by atoms with Crippen molar-refractivity contribution in [2.45, 2.75) is 0 Å². The standard InChI is InChI=1S/C42H3F27/c43-7-1-4(19(46)40(67)22(7)49)10-28(55)34(61)16(35(62)29(10)56)13-25(52)14(17-36(63)30(57)11(31(58)37(17)64)5-2-8(44)23(50)41(68)20(5)47)27(54)15(26(13)53)18-38(65)32(59)12(33(60)39(18)66)6-3-9(45)24(51)42(69)21(6)48/h1-3H. The number of hydrogen-bond acceptors (Lipinski definition) is 0. The van der Waals surface area contributed by atoms with Crippen molar-refractivity contribution in [1.82, 2.24) is 0 Å². The normalized spacial score (nSPS) is 11.7. The lowest BCUT2D eigenvalue weighted by Gasteiger charge is -2.21. The molecule has 0 saturated heterocycles. The summed E-state index contributed by atoms with van der Waals surface area (Å²) in [5, 5.41) is 0. The molecule has 7 aromatic carbocycles. The molecule has 7 aromatic rings. The summed E-state index contributed by atoms with van der Waals surface area (Å²) in [4.78, 5) is 0. The second-order valence-electron chi connectivity index (χ2n) is 13.6. The molecule has 0 aliphatic rings. The van der Waals surface area contributed by atoms with Gasteiger partial charge in [0, 0.05) is 16.7 Å². The molecule has 0 aromatic heterocycles. The van der Waals surface area contributed by atoms with Crippen LogP contribution >= 0.6 is 0 Å². The Morgan fingerprint density at radius 3 is 0.449 bits per heavy atom. The lowest BCUT2D eigenvalue weighted by Crippen LogP contribution is -2.14. The first-order valence-corrected chi connectivity index (χ1v) is 17.3. The first kappa shape index (κ1) is 49.6. The second kappa shape index (κ2) is 17.0. The predicted molar refractivity (Wildman–Crippen MR) is 178 cm³/mol. The highest BCUT2D eigenvalue weighted by Crippen LogP contribution is 2.50. The molecule has 0 bridgehead atoms. The van der Waals surface area contributed by atoms with Gasteiger partial charge in [0.2, 0.25) is 0 Å². The van der Waals surface area contributed by atoms with Crippen LogP contribution in [0.3, 0.4) is 0 Å². The van der Waals surface area contributed by atoms with Crippen molar-refractivity contribution in [2.24, 2.45) is 0 Å². The van der Waals surface area contributed by atoms with Gasteiger partial charge < -0.3 is 0 Å². The minimum atomic E-state index is -3.59. The van der Waals surface area contributed by atoms with Gasteiger partial charge in [0.1, 0.15) is 17.5 Å². The fourth-order valence-electron chi connectivity index (χ4n) is 6.85. The third-order valence-electron chi connectivity index (χ3n) is 9.97. The lowest BCUT2D eigenvalue weighted by molar-refractivity contribution is 0.408. The first-order valence-electron chi connectivity index (χ1n) is 17.3. The third kappa shape index (κ3) is 7.00. The molecule has 0 spiro atoms. The van der Waals surface area contributed by atoms with Crippen molar-refractivity contribution >= 4 is 0 Å². The van der Waals surface area contributed by atoms with Gasteiger partial charge in [0.05, 0.1) is 50.1 Å². The van der Waals surface area contributed by atoms with Crippen molar-refractivity contribution in [3.63, 3.8) is 0 Å². The van der Waals surface area contributed by atoms with Crippen LogP contribution < -0.4 is 0 Å². The van der Waals surface area contributed by atoms with Crippen molar-refractivity contribution in [3.8, 4) is 66.8 Å². The topological polar surface area (TPSA) is 0 Å². The van der Waals surface area contributed by atoms with E-state index in [0.717, 1.165) is 0 Å². The van der Waals surface area contributed by atoms with E-state index in [1.165, 1.54) is 0 Å². The van der Waals surface area contributed by atoms with E-state index < -0.39 is 242 Å². The molecule has 360 valence electrons. The van der Waals surface area contributed by atoms with Gasteiger partial charge >= 0.3 is 0 Å². The van der Waals surface area contributed by atoms with Crippen LogP contribution in [0.2, 0.25) is 0 Å². The number of rotatable bonds is 6. The van der Waals surface area contributed by atoms with Crippen LogP contribution in [0.5, 0.6) is 0 Å². The molecule has 69 heavy (non-hydrogen) atoms. The van der Waals surface area contributed by atoms with Gasteiger partial charge in [-0.15, -0.1) is 0 Å². The zero-order valence-electron chi connectivity index (χ0n) is 31.4. The minimum absolute atomic E-state index is 0.694. The average Bonchev–Trinajstić information content (AvgIpc) is 3.30. The van der Waals surface area contributed by atoms with E-state index in [2.05, 4.69) is 0 Å².